The van der Waals surface area contributed by atoms with E-state index in [2.05, 4.69) is 25.8 Å². The fraction of sp³-hybridized carbons (Fsp3) is 0.577. The van der Waals surface area contributed by atoms with Crippen LogP contribution < -0.4 is 4.74 Å². The second kappa shape index (κ2) is 13.9. The summed E-state index contributed by atoms with van der Waals surface area (Å²) >= 11 is 0. The van der Waals surface area contributed by atoms with E-state index in [0.29, 0.717) is 23.9 Å². The third-order valence-electron chi connectivity index (χ3n) is 5.64. The summed E-state index contributed by atoms with van der Waals surface area (Å²) in [5.74, 6) is 1.50. The molecule has 0 aliphatic heterocycles. The van der Waals surface area contributed by atoms with Gasteiger partial charge >= 0.3 is 5.97 Å². The van der Waals surface area contributed by atoms with Gasteiger partial charge in [-0.15, -0.1) is 0 Å². The van der Waals surface area contributed by atoms with Crippen LogP contribution in [0.25, 0.3) is 11.4 Å². The molecule has 1 aromatic carbocycles. The fourth-order valence-corrected chi connectivity index (χ4v) is 3.41. The van der Waals surface area contributed by atoms with Crippen LogP contribution in [0.3, 0.4) is 0 Å². The van der Waals surface area contributed by atoms with Crippen molar-refractivity contribution in [1.82, 2.24) is 9.97 Å². The molecular weight excluding hydrogens is 372 g/mol. The summed E-state index contributed by atoms with van der Waals surface area (Å²) in [4.78, 5) is 21.5. The first kappa shape index (κ1) is 24.0. The molecule has 1 aromatic heterocycles. The molecule has 0 aliphatic rings. The maximum atomic E-state index is 12.3. The van der Waals surface area contributed by atoms with Crippen LogP contribution in [0.5, 0.6) is 5.75 Å². The lowest BCUT2D eigenvalue weighted by molar-refractivity contribution is -0.134. The molecule has 0 amide bonds. The highest BCUT2D eigenvalue weighted by molar-refractivity contribution is 5.76. The number of unbranched alkanes of at least 4 members (excludes halogenated alkanes) is 6. The van der Waals surface area contributed by atoms with Gasteiger partial charge in [0.15, 0.2) is 5.82 Å². The third kappa shape index (κ3) is 8.64. The number of aromatic nitrogens is 2. The molecule has 4 heteroatoms. The monoisotopic (exact) mass is 410 g/mol. The molecule has 30 heavy (non-hydrogen) atoms. The van der Waals surface area contributed by atoms with Crippen molar-refractivity contribution in [3.8, 4) is 17.1 Å². The van der Waals surface area contributed by atoms with Crippen molar-refractivity contribution in [3.05, 3.63) is 42.2 Å². The van der Waals surface area contributed by atoms with E-state index >= 15 is 0 Å². The van der Waals surface area contributed by atoms with E-state index in [-0.39, 0.29) is 5.97 Å². The van der Waals surface area contributed by atoms with E-state index in [0.717, 1.165) is 36.9 Å². The van der Waals surface area contributed by atoms with E-state index < -0.39 is 0 Å². The summed E-state index contributed by atoms with van der Waals surface area (Å²) in [6.07, 6.45) is 14.1. The van der Waals surface area contributed by atoms with E-state index in [1.165, 1.54) is 38.5 Å². The van der Waals surface area contributed by atoms with Crippen molar-refractivity contribution in [2.75, 3.05) is 0 Å². The first-order valence-electron chi connectivity index (χ1n) is 11.8. The summed E-state index contributed by atoms with van der Waals surface area (Å²) in [6.45, 7) is 6.55. The van der Waals surface area contributed by atoms with Gasteiger partial charge in [0.05, 0.1) is 5.56 Å². The first-order chi connectivity index (χ1) is 14.6. The number of para-hydroxylation sites is 1. The molecule has 4 nitrogen and oxygen atoms in total. The lowest BCUT2D eigenvalue weighted by atomic mass is 10.0. The molecule has 0 spiro atoms. The Labute approximate surface area is 182 Å². The number of nitrogens with zero attached hydrogens (tertiary/aromatic N) is 2. The number of benzene rings is 1. The van der Waals surface area contributed by atoms with Crippen molar-refractivity contribution in [3.63, 3.8) is 0 Å². The van der Waals surface area contributed by atoms with Crippen LogP contribution in [0.4, 0.5) is 0 Å². The Kier molecular flexibility index (Phi) is 11.1. The molecule has 1 unspecified atom stereocenters. The Morgan fingerprint density at radius 2 is 1.73 bits per heavy atom. The van der Waals surface area contributed by atoms with E-state index in [9.17, 15) is 4.79 Å². The zero-order valence-electron chi connectivity index (χ0n) is 19.0. The van der Waals surface area contributed by atoms with Crippen LogP contribution in [0.2, 0.25) is 0 Å². The summed E-state index contributed by atoms with van der Waals surface area (Å²) in [5, 5.41) is 0. The Morgan fingerprint density at radius 3 is 2.50 bits per heavy atom. The molecule has 0 fully saturated rings. The number of carbonyl (C=O) groups is 1. The Hall–Kier alpha value is -2.23. The lowest BCUT2D eigenvalue weighted by Gasteiger charge is -2.11. The largest absolute Gasteiger partial charge is 0.426 e. The molecule has 0 bridgehead atoms. The van der Waals surface area contributed by atoms with Crippen LogP contribution >= 0.6 is 0 Å². The number of hydrogen-bond acceptors (Lipinski definition) is 4. The predicted molar refractivity (Wildman–Crippen MR) is 123 cm³/mol. The zero-order chi connectivity index (χ0) is 21.6. The molecule has 2 aromatic rings. The van der Waals surface area contributed by atoms with Crippen molar-refractivity contribution >= 4 is 5.97 Å². The summed E-state index contributed by atoms with van der Waals surface area (Å²) in [7, 11) is 0. The van der Waals surface area contributed by atoms with Gasteiger partial charge in [-0.3, -0.25) is 4.79 Å². The molecule has 0 saturated heterocycles. The first-order valence-corrected chi connectivity index (χ1v) is 11.8. The smallest absolute Gasteiger partial charge is 0.311 e. The molecule has 2 rings (SSSR count). The van der Waals surface area contributed by atoms with Gasteiger partial charge in [0, 0.05) is 18.3 Å². The number of hydrogen-bond donors (Lipinski definition) is 0. The number of esters is 1. The molecular formula is C26H38N2O2. The number of carbonyl (C=O) groups excluding carboxylic acids is 1. The van der Waals surface area contributed by atoms with Crippen molar-refractivity contribution in [1.29, 1.82) is 0 Å². The highest BCUT2D eigenvalue weighted by Gasteiger charge is 2.14. The van der Waals surface area contributed by atoms with Gasteiger partial charge in [0.25, 0.3) is 0 Å². The van der Waals surface area contributed by atoms with E-state index in [1.807, 2.05) is 30.3 Å². The average molecular weight is 411 g/mol. The van der Waals surface area contributed by atoms with Gasteiger partial charge in [0.2, 0.25) is 0 Å². The Bertz CT molecular complexity index is 760. The third-order valence-corrected chi connectivity index (χ3v) is 5.64. The van der Waals surface area contributed by atoms with Crippen molar-refractivity contribution in [2.45, 2.75) is 91.4 Å². The number of aryl methyl sites for hydroxylation is 1. The molecule has 0 radical (unpaired) electrons. The molecule has 0 saturated carbocycles. The van der Waals surface area contributed by atoms with Crippen LogP contribution in [0.15, 0.2) is 36.5 Å². The topological polar surface area (TPSA) is 52.1 Å². The van der Waals surface area contributed by atoms with Crippen LogP contribution in [0.1, 0.15) is 90.7 Å². The van der Waals surface area contributed by atoms with Crippen molar-refractivity contribution < 1.29 is 9.53 Å². The van der Waals surface area contributed by atoms with Gasteiger partial charge in [-0.2, -0.15) is 0 Å². The Morgan fingerprint density at radius 1 is 1.00 bits per heavy atom. The fourth-order valence-electron chi connectivity index (χ4n) is 3.41. The average Bonchev–Trinajstić information content (AvgIpc) is 2.77. The van der Waals surface area contributed by atoms with Crippen LogP contribution in [-0.2, 0) is 11.2 Å². The normalized spacial score (nSPS) is 12.0. The quantitative estimate of drug-likeness (QED) is 0.188. The summed E-state index contributed by atoms with van der Waals surface area (Å²) in [5.41, 5.74) is 1.82. The second-order valence-electron chi connectivity index (χ2n) is 8.27. The molecule has 1 atom stereocenters. The van der Waals surface area contributed by atoms with Gasteiger partial charge < -0.3 is 4.74 Å². The van der Waals surface area contributed by atoms with Gasteiger partial charge in [-0.25, -0.2) is 9.97 Å². The highest BCUT2D eigenvalue weighted by Crippen LogP contribution is 2.28. The maximum absolute atomic E-state index is 12.3. The number of rotatable bonds is 14. The predicted octanol–water partition coefficient (Wildman–Crippen LogP) is 7.17. The van der Waals surface area contributed by atoms with Crippen LogP contribution in [-0.4, -0.2) is 15.9 Å². The minimum Gasteiger partial charge on any atom is -0.426 e. The summed E-state index contributed by atoms with van der Waals surface area (Å²) < 4.78 is 5.66. The standard InChI is InChI=1S/C26H38N2O2/c1-4-6-7-8-9-10-11-14-22-19-20-27-26(28-22)23-15-12-13-16-24(23)30-25(29)18-17-21(3)5-2/h12-13,15-16,19-21H,4-11,14,17-18H2,1-3H3. The number of ether oxygens (including phenoxy) is 1. The van der Waals surface area contributed by atoms with Crippen molar-refractivity contribution in [2.24, 2.45) is 5.92 Å². The van der Waals surface area contributed by atoms with E-state index in [1.54, 1.807) is 6.20 Å². The zero-order valence-corrected chi connectivity index (χ0v) is 19.0. The molecule has 0 aliphatic carbocycles. The second-order valence-corrected chi connectivity index (χ2v) is 8.27. The minimum atomic E-state index is -0.193. The summed E-state index contributed by atoms with van der Waals surface area (Å²) in [6, 6.07) is 9.54. The minimum absolute atomic E-state index is 0.193. The van der Waals surface area contributed by atoms with E-state index in [4.69, 9.17) is 9.72 Å². The van der Waals surface area contributed by atoms with Gasteiger partial charge in [-0.05, 0) is 43.4 Å². The SMILES string of the molecule is CCCCCCCCCc1ccnc(-c2ccccc2OC(=O)CCC(C)CC)n1. The lowest BCUT2D eigenvalue weighted by Crippen LogP contribution is -2.10. The molecule has 164 valence electrons. The van der Waals surface area contributed by atoms with Gasteiger partial charge in [-0.1, -0.05) is 77.8 Å². The van der Waals surface area contributed by atoms with Crippen LogP contribution in [0, 0.1) is 5.92 Å². The molecule has 1 heterocycles. The Balaban J connectivity index is 1.94. The highest BCUT2D eigenvalue weighted by atomic mass is 16.5. The van der Waals surface area contributed by atoms with Gasteiger partial charge in [0.1, 0.15) is 5.75 Å². The molecule has 0 N–H and O–H groups in total. The maximum Gasteiger partial charge on any atom is 0.311 e.